The standard InChI is InChI=1S/C11H10F2N2O2S2/c1-6-4-18-10(15-6)5-19(16,17)11-8(12)2-7(14)3-9(11)13/h2-4H,5,14H2,1H3. The Morgan fingerprint density at radius 2 is 1.89 bits per heavy atom. The van der Waals surface area contributed by atoms with E-state index in [2.05, 4.69) is 4.98 Å². The van der Waals surface area contributed by atoms with Crippen LogP contribution in [0.4, 0.5) is 14.5 Å². The number of aromatic nitrogens is 1. The van der Waals surface area contributed by atoms with E-state index >= 15 is 0 Å². The number of hydrogen-bond donors (Lipinski definition) is 1. The van der Waals surface area contributed by atoms with Gasteiger partial charge >= 0.3 is 0 Å². The first-order valence-electron chi connectivity index (χ1n) is 5.18. The number of thiazole rings is 1. The van der Waals surface area contributed by atoms with Crippen molar-refractivity contribution < 1.29 is 17.2 Å². The summed E-state index contributed by atoms with van der Waals surface area (Å²) in [5.41, 5.74) is 5.74. The van der Waals surface area contributed by atoms with Gasteiger partial charge in [0.25, 0.3) is 0 Å². The smallest absolute Gasteiger partial charge is 0.190 e. The van der Waals surface area contributed by atoms with Crippen LogP contribution in [0.1, 0.15) is 10.7 Å². The van der Waals surface area contributed by atoms with Crippen LogP contribution in [-0.4, -0.2) is 13.4 Å². The Morgan fingerprint density at radius 3 is 2.37 bits per heavy atom. The Bertz CT molecular complexity index is 703. The normalized spacial score (nSPS) is 11.7. The van der Waals surface area contributed by atoms with Crippen molar-refractivity contribution >= 4 is 26.9 Å². The highest BCUT2D eigenvalue weighted by Crippen LogP contribution is 2.25. The minimum Gasteiger partial charge on any atom is -0.399 e. The molecule has 2 rings (SSSR count). The van der Waals surface area contributed by atoms with Crippen LogP contribution in [0.25, 0.3) is 0 Å². The van der Waals surface area contributed by atoms with Crippen LogP contribution >= 0.6 is 11.3 Å². The molecule has 0 atom stereocenters. The molecule has 0 bridgehead atoms. The van der Waals surface area contributed by atoms with Crippen LogP contribution < -0.4 is 5.73 Å². The van der Waals surface area contributed by atoms with Gasteiger partial charge in [-0.05, 0) is 19.1 Å². The molecule has 0 aliphatic heterocycles. The first-order valence-corrected chi connectivity index (χ1v) is 7.71. The lowest BCUT2D eigenvalue weighted by molar-refractivity contribution is 0.520. The molecule has 2 aromatic rings. The van der Waals surface area contributed by atoms with Gasteiger partial charge in [-0.2, -0.15) is 0 Å². The highest BCUT2D eigenvalue weighted by molar-refractivity contribution is 7.90. The first kappa shape index (κ1) is 13.9. The van der Waals surface area contributed by atoms with Crippen molar-refractivity contribution in [3.63, 3.8) is 0 Å². The van der Waals surface area contributed by atoms with E-state index in [0.717, 1.165) is 23.5 Å². The molecular weight excluding hydrogens is 294 g/mol. The summed E-state index contributed by atoms with van der Waals surface area (Å²) in [5.74, 6) is -2.92. The van der Waals surface area contributed by atoms with Gasteiger partial charge in [-0.1, -0.05) is 0 Å². The summed E-state index contributed by atoms with van der Waals surface area (Å²) in [6, 6.07) is 1.56. The highest BCUT2D eigenvalue weighted by atomic mass is 32.2. The van der Waals surface area contributed by atoms with Crippen LogP contribution in [0.5, 0.6) is 0 Å². The first-order chi connectivity index (χ1) is 8.79. The molecule has 2 N–H and O–H groups in total. The second-order valence-corrected chi connectivity index (χ2v) is 6.82. The van der Waals surface area contributed by atoms with Crippen molar-refractivity contribution in [2.24, 2.45) is 0 Å². The predicted octanol–water partition coefficient (Wildman–Crippen LogP) is 2.29. The van der Waals surface area contributed by atoms with Gasteiger partial charge in [-0.3, -0.25) is 0 Å². The van der Waals surface area contributed by atoms with E-state index in [0.29, 0.717) is 5.69 Å². The van der Waals surface area contributed by atoms with E-state index in [1.165, 1.54) is 0 Å². The molecule has 4 nitrogen and oxygen atoms in total. The quantitative estimate of drug-likeness (QED) is 0.883. The third-order valence-corrected chi connectivity index (χ3v) is 5.13. The maximum Gasteiger partial charge on any atom is 0.190 e. The van der Waals surface area contributed by atoms with Crippen molar-refractivity contribution in [2.45, 2.75) is 17.6 Å². The lowest BCUT2D eigenvalue weighted by atomic mass is 10.3. The maximum absolute atomic E-state index is 13.6. The Kier molecular flexibility index (Phi) is 3.55. The lowest BCUT2D eigenvalue weighted by Gasteiger charge is -2.06. The zero-order chi connectivity index (χ0) is 14.2. The van der Waals surface area contributed by atoms with Crippen LogP contribution in [-0.2, 0) is 15.6 Å². The largest absolute Gasteiger partial charge is 0.399 e. The van der Waals surface area contributed by atoms with Gasteiger partial charge in [0.15, 0.2) is 9.84 Å². The van der Waals surface area contributed by atoms with Crippen molar-refractivity contribution in [3.8, 4) is 0 Å². The second-order valence-electron chi connectivity index (χ2n) is 3.96. The van der Waals surface area contributed by atoms with Crippen molar-refractivity contribution in [3.05, 3.63) is 39.8 Å². The van der Waals surface area contributed by atoms with Gasteiger partial charge in [0.2, 0.25) is 0 Å². The number of nitrogens with zero attached hydrogens (tertiary/aromatic N) is 1. The number of sulfone groups is 1. The molecule has 0 unspecified atom stereocenters. The van der Waals surface area contributed by atoms with Gasteiger partial charge in [0.05, 0.1) is 0 Å². The zero-order valence-electron chi connectivity index (χ0n) is 9.85. The van der Waals surface area contributed by atoms with Gasteiger partial charge in [-0.25, -0.2) is 22.2 Å². The molecule has 0 saturated heterocycles. The SMILES string of the molecule is Cc1csc(CS(=O)(=O)c2c(F)cc(N)cc2F)n1. The highest BCUT2D eigenvalue weighted by Gasteiger charge is 2.26. The molecule has 0 saturated carbocycles. The van der Waals surface area contributed by atoms with Crippen LogP contribution in [0.15, 0.2) is 22.4 Å². The van der Waals surface area contributed by atoms with Crippen LogP contribution in [0, 0.1) is 18.6 Å². The number of aryl methyl sites for hydroxylation is 1. The lowest BCUT2D eigenvalue weighted by Crippen LogP contribution is -2.10. The van der Waals surface area contributed by atoms with Crippen molar-refractivity contribution in [1.82, 2.24) is 4.98 Å². The summed E-state index contributed by atoms with van der Waals surface area (Å²) in [4.78, 5) is 3.00. The summed E-state index contributed by atoms with van der Waals surface area (Å²) in [6.45, 7) is 1.71. The van der Waals surface area contributed by atoms with E-state index in [4.69, 9.17) is 5.73 Å². The Hall–Kier alpha value is -1.54. The molecule has 0 amide bonds. The fourth-order valence-electron chi connectivity index (χ4n) is 1.58. The molecule has 0 spiro atoms. The fraction of sp³-hybridized carbons (Fsp3) is 0.182. The number of hydrogen-bond acceptors (Lipinski definition) is 5. The predicted molar refractivity (Wildman–Crippen MR) is 68.5 cm³/mol. The number of benzene rings is 1. The number of nitrogens with two attached hydrogens (primary N) is 1. The number of nitrogen functional groups attached to an aromatic ring is 1. The summed E-state index contributed by atoms with van der Waals surface area (Å²) in [6.07, 6.45) is 0. The number of halogens is 2. The van der Waals surface area contributed by atoms with Gasteiger partial charge in [0.1, 0.15) is 27.3 Å². The number of anilines is 1. The van der Waals surface area contributed by atoms with Gasteiger partial charge < -0.3 is 5.73 Å². The zero-order valence-corrected chi connectivity index (χ0v) is 11.5. The summed E-state index contributed by atoms with van der Waals surface area (Å²) < 4.78 is 51.2. The molecule has 1 aromatic carbocycles. The van der Waals surface area contributed by atoms with E-state index in [9.17, 15) is 17.2 Å². The summed E-state index contributed by atoms with van der Waals surface area (Å²) >= 11 is 1.13. The topological polar surface area (TPSA) is 73.0 Å². The van der Waals surface area contributed by atoms with E-state index in [-0.39, 0.29) is 10.7 Å². The Balaban J connectivity index is 2.45. The summed E-state index contributed by atoms with van der Waals surface area (Å²) in [7, 11) is -4.14. The van der Waals surface area contributed by atoms with E-state index in [1.807, 2.05) is 0 Å². The minimum absolute atomic E-state index is 0.168. The Morgan fingerprint density at radius 1 is 1.32 bits per heavy atom. The third kappa shape index (κ3) is 2.90. The second kappa shape index (κ2) is 4.86. The van der Waals surface area contributed by atoms with Gasteiger partial charge in [-0.15, -0.1) is 11.3 Å². The molecule has 0 radical (unpaired) electrons. The average molecular weight is 304 g/mol. The summed E-state index contributed by atoms with van der Waals surface area (Å²) in [5, 5.41) is 1.95. The molecule has 8 heteroatoms. The van der Waals surface area contributed by atoms with E-state index in [1.54, 1.807) is 12.3 Å². The van der Waals surface area contributed by atoms with Crippen LogP contribution in [0.3, 0.4) is 0 Å². The average Bonchev–Trinajstić information content (AvgIpc) is 2.60. The molecular formula is C11H10F2N2O2S2. The van der Waals surface area contributed by atoms with Gasteiger partial charge in [0, 0.05) is 16.8 Å². The molecule has 102 valence electrons. The number of rotatable bonds is 3. The molecule has 1 heterocycles. The molecule has 19 heavy (non-hydrogen) atoms. The van der Waals surface area contributed by atoms with Crippen LogP contribution in [0.2, 0.25) is 0 Å². The van der Waals surface area contributed by atoms with E-state index < -0.39 is 32.1 Å². The minimum atomic E-state index is -4.14. The fourth-order valence-corrected chi connectivity index (χ4v) is 4.12. The molecule has 1 aromatic heterocycles. The Labute approximate surface area is 112 Å². The maximum atomic E-state index is 13.6. The van der Waals surface area contributed by atoms with Crippen molar-refractivity contribution in [1.29, 1.82) is 0 Å². The molecule has 0 aliphatic rings. The third-order valence-electron chi connectivity index (χ3n) is 2.31. The molecule has 0 aliphatic carbocycles. The monoisotopic (exact) mass is 304 g/mol. The molecule has 0 fully saturated rings. The van der Waals surface area contributed by atoms with Crippen molar-refractivity contribution in [2.75, 3.05) is 5.73 Å².